The number of aromatic nitrogens is 2. The Balaban J connectivity index is 1.70. The van der Waals surface area contributed by atoms with Crippen molar-refractivity contribution < 1.29 is 13.2 Å². The summed E-state index contributed by atoms with van der Waals surface area (Å²) in [5, 5.41) is 0. The quantitative estimate of drug-likeness (QED) is 0.832. The summed E-state index contributed by atoms with van der Waals surface area (Å²) in [4.78, 5) is 11.1. The number of rotatable bonds is 6. The van der Waals surface area contributed by atoms with Gasteiger partial charge in [0.25, 0.3) is 0 Å². The second kappa shape index (κ2) is 8.01. The maximum absolute atomic E-state index is 12.5. The van der Waals surface area contributed by atoms with Crippen LogP contribution in [0.4, 0.5) is 5.82 Å². The summed E-state index contributed by atoms with van der Waals surface area (Å²) >= 11 is 0. The van der Waals surface area contributed by atoms with Crippen molar-refractivity contribution in [3.63, 3.8) is 0 Å². The molecule has 0 atom stereocenters. The van der Waals surface area contributed by atoms with Crippen LogP contribution in [0.2, 0.25) is 0 Å². The van der Waals surface area contributed by atoms with Gasteiger partial charge in [-0.2, -0.15) is 0 Å². The van der Waals surface area contributed by atoms with Gasteiger partial charge < -0.3 is 9.64 Å². The summed E-state index contributed by atoms with van der Waals surface area (Å²) in [6.45, 7) is 3.82. The molecule has 0 spiro atoms. The van der Waals surface area contributed by atoms with Gasteiger partial charge in [0.2, 0.25) is 10.0 Å². The summed E-state index contributed by atoms with van der Waals surface area (Å²) in [7, 11) is -2.09. The van der Waals surface area contributed by atoms with Gasteiger partial charge >= 0.3 is 0 Å². The van der Waals surface area contributed by atoms with Gasteiger partial charge in [0.1, 0.15) is 17.4 Å². The molecule has 1 aliphatic rings. The van der Waals surface area contributed by atoms with E-state index in [2.05, 4.69) is 19.6 Å². The Hall–Kier alpha value is -2.19. The lowest BCUT2D eigenvalue weighted by molar-refractivity contribution is 0.411. The van der Waals surface area contributed by atoms with Gasteiger partial charge in [-0.3, -0.25) is 0 Å². The third-order valence-electron chi connectivity index (χ3n) is 4.47. The Morgan fingerprint density at radius 3 is 2.65 bits per heavy atom. The van der Waals surface area contributed by atoms with Crippen LogP contribution in [0.15, 0.2) is 35.4 Å². The van der Waals surface area contributed by atoms with Gasteiger partial charge in [0.05, 0.1) is 18.6 Å². The summed E-state index contributed by atoms with van der Waals surface area (Å²) in [5.41, 5.74) is 0.763. The van der Waals surface area contributed by atoms with Crippen LogP contribution in [0.25, 0.3) is 0 Å². The van der Waals surface area contributed by atoms with Crippen molar-refractivity contribution in [1.82, 2.24) is 14.7 Å². The molecule has 1 fully saturated rings. The maximum atomic E-state index is 12.5. The number of aryl methyl sites for hydroxylation is 1. The van der Waals surface area contributed by atoms with Crippen LogP contribution in [0.1, 0.15) is 30.7 Å². The van der Waals surface area contributed by atoms with Gasteiger partial charge in [-0.05, 0) is 56.0 Å². The SMILES string of the molecule is COc1ccc(S(=O)(=O)NCc2nccc(N3CCCCC3)n2)cc1C. The van der Waals surface area contributed by atoms with Crippen LogP contribution >= 0.6 is 0 Å². The number of sulfonamides is 1. The lowest BCUT2D eigenvalue weighted by Crippen LogP contribution is -2.31. The maximum Gasteiger partial charge on any atom is 0.240 e. The Morgan fingerprint density at radius 2 is 1.96 bits per heavy atom. The van der Waals surface area contributed by atoms with E-state index in [4.69, 9.17) is 4.74 Å². The molecule has 26 heavy (non-hydrogen) atoms. The number of anilines is 1. The topological polar surface area (TPSA) is 84.4 Å². The predicted octanol–water partition coefficient (Wildman–Crippen LogP) is 2.26. The van der Waals surface area contributed by atoms with E-state index in [9.17, 15) is 8.42 Å². The highest BCUT2D eigenvalue weighted by atomic mass is 32.2. The number of hydrogen-bond acceptors (Lipinski definition) is 6. The molecule has 0 bridgehead atoms. The molecular weight excluding hydrogens is 352 g/mol. The van der Waals surface area contributed by atoms with Crippen molar-refractivity contribution in [2.45, 2.75) is 37.6 Å². The molecule has 8 heteroatoms. The van der Waals surface area contributed by atoms with Crippen molar-refractivity contribution in [2.24, 2.45) is 0 Å². The normalized spacial score (nSPS) is 15.1. The average molecular weight is 376 g/mol. The van der Waals surface area contributed by atoms with Crippen LogP contribution in [-0.4, -0.2) is 38.6 Å². The van der Waals surface area contributed by atoms with E-state index >= 15 is 0 Å². The lowest BCUT2D eigenvalue weighted by Gasteiger charge is -2.27. The number of hydrogen-bond donors (Lipinski definition) is 1. The van der Waals surface area contributed by atoms with E-state index in [0.717, 1.165) is 37.3 Å². The molecular formula is C18H24N4O3S. The minimum absolute atomic E-state index is 0.0507. The first kappa shape index (κ1) is 18.6. The Morgan fingerprint density at radius 1 is 1.19 bits per heavy atom. The number of nitrogens with zero attached hydrogens (tertiary/aromatic N) is 3. The van der Waals surface area contributed by atoms with Crippen molar-refractivity contribution in [3.8, 4) is 5.75 Å². The Labute approximate surface area is 154 Å². The van der Waals surface area contributed by atoms with Crippen molar-refractivity contribution >= 4 is 15.8 Å². The van der Waals surface area contributed by atoms with Crippen LogP contribution in [0, 0.1) is 6.92 Å². The summed E-state index contributed by atoms with van der Waals surface area (Å²) in [6, 6.07) is 6.64. The third kappa shape index (κ3) is 4.31. The van der Waals surface area contributed by atoms with E-state index < -0.39 is 10.0 Å². The monoisotopic (exact) mass is 376 g/mol. The van der Waals surface area contributed by atoms with Gasteiger partial charge in [0, 0.05) is 19.3 Å². The zero-order chi connectivity index (χ0) is 18.6. The highest BCUT2D eigenvalue weighted by Gasteiger charge is 2.17. The minimum atomic E-state index is -3.64. The zero-order valence-corrected chi connectivity index (χ0v) is 15.9. The van der Waals surface area contributed by atoms with Crippen LogP contribution in [0.5, 0.6) is 5.75 Å². The Bertz CT molecular complexity index is 864. The molecule has 1 N–H and O–H groups in total. The van der Waals surface area contributed by atoms with Crippen LogP contribution < -0.4 is 14.4 Å². The molecule has 1 aliphatic heterocycles. The van der Waals surface area contributed by atoms with E-state index in [-0.39, 0.29) is 11.4 Å². The molecule has 1 aromatic heterocycles. The molecule has 140 valence electrons. The molecule has 3 rings (SSSR count). The second-order valence-corrected chi connectivity index (χ2v) is 8.10. The van der Waals surface area contributed by atoms with E-state index in [1.807, 2.05) is 13.0 Å². The van der Waals surface area contributed by atoms with Crippen LogP contribution in [-0.2, 0) is 16.6 Å². The van der Waals surface area contributed by atoms with Crippen molar-refractivity contribution in [1.29, 1.82) is 0 Å². The first-order chi connectivity index (χ1) is 12.5. The minimum Gasteiger partial charge on any atom is -0.496 e. The molecule has 1 aromatic carbocycles. The summed E-state index contributed by atoms with van der Waals surface area (Å²) in [6.07, 6.45) is 5.24. The van der Waals surface area contributed by atoms with E-state index in [1.54, 1.807) is 25.4 Å². The third-order valence-corrected chi connectivity index (χ3v) is 5.87. The zero-order valence-electron chi connectivity index (χ0n) is 15.1. The fourth-order valence-corrected chi connectivity index (χ4v) is 4.10. The molecule has 2 heterocycles. The molecule has 7 nitrogen and oxygen atoms in total. The smallest absolute Gasteiger partial charge is 0.240 e. The number of nitrogens with one attached hydrogen (secondary N) is 1. The van der Waals surface area contributed by atoms with Crippen LogP contribution in [0.3, 0.4) is 0 Å². The van der Waals surface area contributed by atoms with Gasteiger partial charge in [0.15, 0.2) is 0 Å². The standard InChI is InChI=1S/C18H24N4O3S/c1-14-12-15(6-7-16(14)25-2)26(23,24)20-13-17-19-9-8-18(21-17)22-10-4-3-5-11-22/h6-9,12,20H,3-5,10-11,13H2,1-2H3. The first-order valence-corrected chi connectivity index (χ1v) is 10.2. The lowest BCUT2D eigenvalue weighted by atomic mass is 10.1. The van der Waals surface area contributed by atoms with E-state index in [1.165, 1.54) is 12.5 Å². The number of methoxy groups -OCH3 is 1. The molecule has 2 aromatic rings. The molecule has 0 saturated carbocycles. The number of ether oxygens (including phenoxy) is 1. The summed E-state index contributed by atoms with van der Waals surface area (Å²) < 4.78 is 32.8. The largest absolute Gasteiger partial charge is 0.496 e. The molecule has 0 aliphatic carbocycles. The number of piperidine rings is 1. The molecule has 0 amide bonds. The highest BCUT2D eigenvalue weighted by molar-refractivity contribution is 7.89. The van der Waals surface area contributed by atoms with E-state index in [0.29, 0.717) is 11.6 Å². The predicted molar refractivity (Wildman–Crippen MR) is 99.9 cm³/mol. The molecule has 1 saturated heterocycles. The first-order valence-electron chi connectivity index (χ1n) is 8.71. The van der Waals surface area contributed by atoms with Gasteiger partial charge in [-0.15, -0.1) is 0 Å². The summed E-state index contributed by atoms with van der Waals surface area (Å²) in [5.74, 6) is 1.97. The average Bonchev–Trinajstić information content (AvgIpc) is 2.67. The second-order valence-electron chi connectivity index (χ2n) is 6.33. The highest BCUT2D eigenvalue weighted by Crippen LogP contribution is 2.21. The van der Waals surface area contributed by atoms with Gasteiger partial charge in [-0.1, -0.05) is 0 Å². The molecule has 0 unspecified atom stereocenters. The van der Waals surface area contributed by atoms with Crippen molar-refractivity contribution in [3.05, 3.63) is 41.9 Å². The Kier molecular flexibility index (Phi) is 5.73. The fourth-order valence-electron chi connectivity index (χ4n) is 3.03. The van der Waals surface area contributed by atoms with Gasteiger partial charge in [-0.25, -0.2) is 23.1 Å². The fraction of sp³-hybridized carbons (Fsp3) is 0.444. The number of benzene rings is 1. The molecule has 0 radical (unpaired) electrons. The van der Waals surface area contributed by atoms with Crippen molar-refractivity contribution in [2.75, 3.05) is 25.1 Å².